The fourth-order valence-electron chi connectivity index (χ4n) is 3.19. The maximum atomic E-state index is 12.7. The number of nitrogens with zero attached hydrogens (tertiary/aromatic N) is 2. The summed E-state index contributed by atoms with van der Waals surface area (Å²) in [5.74, 6) is -0.152. The van der Waals surface area contributed by atoms with E-state index in [1.165, 1.54) is 0 Å². The van der Waals surface area contributed by atoms with Gasteiger partial charge in [-0.1, -0.05) is 13.3 Å². The van der Waals surface area contributed by atoms with E-state index in [1.807, 2.05) is 32.0 Å². The number of unbranched alkanes of at least 4 members (excludes halogenated alkanes) is 1. The van der Waals surface area contributed by atoms with Gasteiger partial charge in [0, 0.05) is 29.7 Å². The summed E-state index contributed by atoms with van der Waals surface area (Å²) in [5.41, 5.74) is 3.15. The van der Waals surface area contributed by atoms with Gasteiger partial charge in [-0.2, -0.15) is 0 Å². The summed E-state index contributed by atoms with van der Waals surface area (Å²) >= 11 is 3.46. The fourth-order valence-corrected chi connectivity index (χ4v) is 3.65. The van der Waals surface area contributed by atoms with E-state index in [0.717, 1.165) is 41.5 Å². The summed E-state index contributed by atoms with van der Waals surface area (Å²) in [5, 5.41) is 11.4. The number of rotatable bonds is 7. The van der Waals surface area contributed by atoms with E-state index in [9.17, 15) is 9.90 Å². The molecule has 0 aliphatic rings. The van der Waals surface area contributed by atoms with Crippen LogP contribution in [0.5, 0.6) is 5.75 Å². The van der Waals surface area contributed by atoms with Crippen molar-refractivity contribution in [3.63, 3.8) is 0 Å². The number of aryl methyl sites for hydroxylation is 1. The third-order valence-corrected chi connectivity index (χ3v) is 4.93. The average molecular weight is 411 g/mol. The Morgan fingerprint density at radius 2 is 2.04 bits per heavy atom. The Bertz CT molecular complexity index is 781. The van der Waals surface area contributed by atoms with Crippen LogP contribution in [0.3, 0.4) is 0 Å². The van der Waals surface area contributed by atoms with E-state index in [2.05, 4.69) is 27.4 Å². The van der Waals surface area contributed by atoms with Gasteiger partial charge in [0.15, 0.2) is 0 Å². The Kier molecular flexibility index (Phi) is 6.52. The number of hydrogen-bond acceptors (Lipinski definition) is 4. The summed E-state index contributed by atoms with van der Waals surface area (Å²) in [4.78, 5) is 14.6. The molecule has 138 valence electrons. The monoisotopic (exact) mass is 410 g/mol. The van der Waals surface area contributed by atoms with Gasteiger partial charge in [-0.25, -0.2) is 4.79 Å². The molecular weight excluding hydrogens is 384 g/mol. The van der Waals surface area contributed by atoms with Crippen molar-refractivity contribution >= 4 is 32.8 Å². The first-order chi connectivity index (χ1) is 11.8. The molecule has 0 fully saturated rings. The zero-order valence-corrected chi connectivity index (χ0v) is 17.2. The minimum Gasteiger partial charge on any atom is -0.506 e. The van der Waals surface area contributed by atoms with Gasteiger partial charge in [0.1, 0.15) is 5.75 Å². The van der Waals surface area contributed by atoms with Crippen molar-refractivity contribution in [2.75, 3.05) is 20.7 Å². The van der Waals surface area contributed by atoms with Gasteiger partial charge < -0.3 is 19.3 Å². The van der Waals surface area contributed by atoms with Crippen LogP contribution in [0.2, 0.25) is 0 Å². The molecule has 0 unspecified atom stereocenters. The van der Waals surface area contributed by atoms with Gasteiger partial charge in [0.05, 0.1) is 22.2 Å². The SMILES string of the molecule is CCCCn1c(C)c(C(=O)OCC)c2c(CN(C)C)c(O)c(Br)cc21. The molecule has 5 nitrogen and oxygen atoms in total. The van der Waals surface area contributed by atoms with Crippen molar-refractivity contribution in [2.24, 2.45) is 0 Å². The first-order valence-electron chi connectivity index (χ1n) is 8.68. The van der Waals surface area contributed by atoms with Crippen LogP contribution < -0.4 is 0 Å². The molecule has 0 aliphatic heterocycles. The van der Waals surface area contributed by atoms with Crippen molar-refractivity contribution in [1.29, 1.82) is 0 Å². The molecule has 0 radical (unpaired) electrons. The number of halogens is 1. The summed E-state index contributed by atoms with van der Waals surface area (Å²) in [6.45, 7) is 7.59. The molecule has 1 aromatic carbocycles. The number of ether oxygens (including phenoxy) is 1. The minimum absolute atomic E-state index is 0.180. The predicted octanol–water partition coefficient (Wildman–Crippen LogP) is 4.46. The molecule has 0 aliphatic carbocycles. The Balaban J connectivity index is 2.85. The van der Waals surface area contributed by atoms with Gasteiger partial charge in [-0.05, 0) is 56.4 Å². The van der Waals surface area contributed by atoms with Crippen molar-refractivity contribution < 1.29 is 14.6 Å². The molecule has 2 aromatic rings. The summed E-state index contributed by atoms with van der Waals surface area (Å²) in [6, 6.07) is 1.90. The molecule has 0 saturated heterocycles. The van der Waals surface area contributed by atoms with Crippen LogP contribution >= 0.6 is 15.9 Å². The highest BCUT2D eigenvalue weighted by atomic mass is 79.9. The highest BCUT2D eigenvalue weighted by Crippen LogP contribution is 2.40. The number of phenolic OH excluding ortho intramolecular Hbond substituents is 1. The molecule has 0 bridgehead atoms. The lowest BCUT2D eigenvalue weighted by Gasteiger charge is -2.15. The Morgan fingerprint density at radius 3 is 2.60 bits per heavy atom. The average Bonchev–Trinajstić information content (AvgIpc) is 2.81. The normalized spacial score (nSPS) is 11.5. The van der Waals surface area contributed by atoms with Gasteiger partial charge in [0.25, 0.3) is 0 Å². The van der Waals surface area contributed by atoms with Gasteiger partial charge in [0.2, 0.25) is 0 Å². The smallest absolute Gasteiger partial charge is 0.340 e. The zero-order chi connectivity index (χ0) is 18.7. The standard InChI is InChI=1S/C19H27BrN2O3/c1-6-8-9-22-12(3)16(19(24)25-7-2)17-13(11-21(4)5)18(23)14(20)10-15(17)22/h10,23H,6-9,11H2,1-5H3. The minimum atomic E-state index is -0.332. The van der Waals surface area contributed by atoms with Crippen LogP contribution in [0.25, 0.3) is 10.9 Å². The first-order valence-corrected chi connectivity index (χ1v) is 9.47. The van der Waals surface area contributed by atoms with Crippen molar-refractivity contribution in [3.8, 4) is 5.75 Å². The van der Waals surface area contributed by atoms with E-state index >= 15 is 0 Å². The van der Waals surface area contributed by atoms with E-state index in [-0.39, 0.29) is 11.7 Å². The number of benzene rings is 1. The lowest BCUT2D eigenvalue weighted by atomic mass is 10.0. The second-order valence-corrected chi connectivity index (χ2v) is 7.36. The van der Waals surface area contributed by atoms with Crippen molar-refractivity contribution in [1.82, 2.24) is 9.47 Å². The fraction of sp³-hybridized carbons (Fsp3) is 0.526. The first kappa shape index (κ1) is 19.8. The van der Waals surface area contributed by atoms with Crippen LogP contribution in [0, 0.1) is 6.92 Å². The molecule has 0 atom stereocenters. The van der Waals surface area contributed by atoms with Gasteiger partial charge in [-0.15, -0.1) is 0 Å². The Labute approximate surface area is 157 Å². The van der Waals surface area contributed by atoms with Crippen molar-refractivity contribution in [3.05, 3.63) is 27.4 Å². The van der Waals surface area contributed by atoms with E-state index in [0.29, 0.717) is 23.2 Å². The zero-order valence-electron chi connectivity index (χ0n) is 15.6. The molecule has 1 aromatic heterocycles. The number of fused-ring (bicyclic) bond motifs is 1. The van der Waals surface area contributed by atoms with Crippen LogP contribution in [0.1, 0.15) is 48.3 Å². The summed E-state index contributed by atoms with van der Waals surface area (Å²) in [6.07, 6.45) is 2.09. The Morgan fingerprint density at radius 1 is 1.36 bits per heavy atom. The van der Waals surface area contributed by atoms with E-state index < -0.39 is 0 Å². The molecule has 0 amide bonds. The maximum Gasteiger partial charge on any atom is 0.340 e. The third kappa shape index (κ3) is 3.85. The summed E-state index contributed by atoms with van der Waals surface area (Å²) in [7, 11) is 3.88. The van der Waals surface area contributed by atoms with Gasteiger partial charge in [-0.3, -0.25) is 0 Å². The molecule has 1 heterocycles. The number of esters is 1. The molecule has 2 rings (SSSR count). The number of phenols is 1. The number of hydrogen-bond donors (Lipinski definition) is 1. The summed E-state index contributed by atoms with van der Waals surface area (Å²) < 4.78 is 8.11. The second kappa shape index (κ2) is 8.23. The molecule has 0 spiro atoms. The maximum absolute atomic E-state index is 12.7. The van der Waals surface area contributed by atoms with Gasteiger partial charge >= 0.3 is 5.97 Å². The number of carbonyl (C=O) groups excluding carboxylic acids is 1. The molecule has 1 N–H and O–H groups in total. The lowest BCUT2D eigenvalue weighted by Crippen LogP contribution is -2.12. The van der Waals surface area contributed by atoms with E-state index in [4.69, 9.17) is 4.74 Å². The van der Waals surface area contributed by atoms with Crippen LogP contribution in [0.4, 0.5) is 0 Å². The molecular formula is C19H27BrN2O3. The number of aromatic hydroxyl groups is 1. The molecule has 25 heavy (non-hydrogen) atoms. The second-order valence-electron chi connectivity index (χ2n) is 6.50. The quantitative estimate of drug-likeness (QED) is 0.684. The third-order valence-electron chi connectivity index (χ3n) is 4.33. The topological polar surface area (TPSA) is 54.7 Å². The molecule has 6 heteroatoms. The largest absolute Gasteiger partial charge is 0.506 e. The highest BCUT2D eigenvalue weighted by Gasteiger charge is 2.26. The van der Waals surface area contributed by atoms with Crippen LogP contribution in [-0.4, -0.2) is 41.2 Å². The predicted molar refractivity (Wildman–Crippen MR) is 104 cm³/mol. The molecule has 0 saturated carbocycles. The number of carbonyl (C=O) groups is 1. The van der Waals surface area contributed by atoms with Crippen molar-refractivity contribution in [2.45, 2.75) is 46.7 Å². The van der Waals surface area contributed by atoms with Crippen LogP contribution in [-0.2, 0) is 17.8 Å². The number of aromatic nitrogens is 1. The highest BCUT2D eigenvalue weighted by molar-refractivity contribution is 9.10. The Hall–Kier alpha value is -1.53. The van der Waals surface area contributed by atoms with Crippen LogP contribution in [0.15, 0.2) is 10.5 Å². The van der Waals surface area contributed by atoms with E-state index in [1.54, 1.807) is 6.92 Å². The lowest BCUT2D eigenvalue weighted by molar-refractivity contribution is 0.0527.